The number of nitrogens with zero attached hydrogens (tertiary/aromatic N) is 1. The van der Waals surface area contributed by atoms with Crippen LogP contribution in [-0.4, -0.2) is 31.9 Å². The van der Waals surface area contributed by atoms with E-state index in [4.69, 9.17) is 9.57 Å². The van der Waals surface area contributed by atoms with Gasteiger partial charge in [0.25, 0.3) is 0 Å². The first-order valence-corrected chi connectivity index (χ1v) is 7.45. The third kappa shape index (κ3) is 5.30. The molecule has 0 fully saturated rings. The van der Waals surface area contributed by atoms with Gasteiger partial charge >= 0.3 is 6.03 Å². The molecular weight excluding hydrogens is 292 g/mol. The molecule has 5 nitrogen and oxygen atoms in total. The number of aryl methyl sites for hydroxylation is 1. The van der Waals surface area contributed by atoms with Gasteiger partial charge in [0.05, 0.1) is 13.7 Å². The molecule has 0 atom stereocenters. The summed E-state index contributed by atoms with van der Waals surface area (Å²) in [6.45, 7) is 2.66. The second kappa shape index (κ2) is 8.19. The SMILES string of the molecule is CON(C)C(=O)Nc1cccc(OCCc2cccc(C)c2)c1. The molecular formula is C18H22N2O3. The van der Waals surface area contributed by atoms with Crippen molar-refractivity contribution in [3.8, 4) is 5.75 Å². The zero-order valence-corrected chi connectivity index (χ0v) is 13.7. The summed E-state index contributed by atoms with van der Waals surface area (Å²) in [7, 11) is 2.97. The van der Waals surface area contributed by atoms with Gasteiger partial charge in [-0.1, -0.05) is 35.9 Å². The standard InChI is InChI=1S/C18H22N2O3/c1-14-6-4-7-15(12-14)10-11-23-17-9-5-8-16(13-17)19-18(21)20(2)22-3/h4-9,12-13H,10-11H2,1-3H3,(H,19,21). The molecule has 1 N–H and O–H groups in total. The number of nitrogens with one attached hydrogen (secondary N) is 1. The Morgan fingerprint density at radius 2 is 1.96 bits per heavy atom. The number of benzene rings is 2. The maximum absolute atomic E-state index is 11.7. The molecule has 2 rings (SSSR count). The molecule has 0 bridgehead atoms. The number of ether oxygens (including phenoxy) is 1. The quantitative estimate of drug-likeness (QED) is 0.828. The summed E-state index contributed by atoms with van der Waals surface area (Å²) in [5.41, 5.74) is 3.15. The highest BCUT2D eigenvalue weighted by molar-refractivity contribution is 5.88. The van der Waals surface area contributed by atoms with Crippen molar-refractivity contribution >= 4 is 11.7 Å². The molecule has 0 heterocycles. The van der Waals surface area contributed by atoms with E-state index in [-0.39, 0.29) is 6.03 Å². The number of carbonyl (C=O) groups is 1. The van der Waals surface area contributed by atoms with Crippen molar-refractivity contribution in [1.29, 1.82) is 0 Å². The van der Waals surface area contributed by atoms with Crippen LogP contribution in [0.5, 0.6) is 5.75 Å². The lowest BCUT2D eigenvalue weighted by molar-refractivity contribution is -0.0598. The van der Waals surface area contributed by atoms with E-state index in [0.29, 0.717) is 12.3 Å². The minimum atomic E-state index is -0.343. The van der Waals surface area contributed by atoms with E-state index in [0.717, 1.165) is 17.2 Å². The molecule has 0 spiro atoms. The van der Waals surface area contributed by atoms with E-state index in [2.05, 4.69) is 30.4 Å². The molecule has 0 saturated heterocycles. The Hall–Kier alpha value is -2.53. The minimum absolute atomic E-state index is 0.343. The van der Waals surface area contributed by atoms with Gasteiger partial charge in [-0.25, -0.2) is 9.86 Å². The fraction of sp³-hybridized carbons (Fsp3) is 0.278. The Balaban J connectivity index is 1.88. The summed E-state index contributed by atoms with van der Waals surface area (Å²) in [4.78, 5) is 16.6. The normalized spacial score (nSPS) is 10.2. The Kier molecular flexibility index (Phi) is 6.00. The summed E-state index contributed by atoms with van der Waals surface area (Å²) >= 11 is 0. The van der Waals surface area contributed by atoms with Crippen LogP contribution in [0, 0.1) is 6.92 Å². The molecule has 23 heavy (non-hydrogen) atoms. The van der Waals surface area contributed by atoms with Gasteiger partial charge in [0, 0.05) is 25.2 Å². The van der Waals surface area contributed by atoms with Gasteiger partial charge in [-0.15, -0.1) is 0 Å². The second-order valence-electron chi connectivity index (χ2n) is 5.23. The van der Waals surface area contributed by atoms with Crippen LogP contribution >= 0.6 is 0 Å². The van der Waals surface area contributed by atoms with Crippen molar-refractivity contribution in [3.63, 3.8) is 0 Å². The second-order valence-corrected chi connectivity index (χ2v) is 5.23. The lowest BCUT2D eigenvalue weighted by atomic mass is 10.1. The molecule has 0 aliphatic heterocycles. The predicted octanol–water partition coefficient (Wildman–Crippen LogP) is 3.64. The highest BCUT2D eigenvalue weighted by atomic mass is 16.7. The average Bonchev–Trinajstić information content (AvgIpc) is 2.54. The molecule has 122 valence electrons. The van der Waals surface area contributed by atoms with Crippen LogP contribution in [-0.2, 0) is 11.3 Å². The first-order chi connectivity index (χ1) is 11.1. The number of rotatable bonds is 6. The largest absolute Gasteiger partial charge is 0.493 e. The molecule has 0 radical (unpaired) electrons. The van der Waals surface area contributed by atoms with Gasteiger partial charge in [-0.3, -0.25) is 4.84 Å². The van der Waals surface area contributed by atoms with Crippen LogP contribution in [0.25, 0.3) is 0 Å². The smallest absolute Gasteiger partial charge is 0.345 e. The topological polar surface area (TPSA) is 50.8 Å². The molecule has 2 aromatic rings. The summed E-state index contributed by atoms with van der Waals surface area (Å²) < 4.78 is 5.76. The number of anilines is 1. The van der Waals surface area contributed by atoms with Crippen molar-refractivity contribution in [2.75, 3.05) is 26.1 Å². The highest BCUT2D eigenvalue weighted by Crippen LogP contribution is 2.18. The van der Waals surface area contributed by atoms with Gasteiger partial charge < -0.3 is 10.1 Å². The average molecular weight is 314 g/mol. The molecule has 0 aliphatic rings. The third-order valence-corrected chi connectivity index (χ3v) is 3.39. The van der Waals surface area contributed by atoms with E-state index in [9.17, 15) is 4.79 Å². The summed E-state index contributed by atoms with van der Waals surface area (Å²) in [5, 5.41) is 3.85. The predicted molar refractivity (Wildman–Crippen MR) is 90.6 cm³/mol. The zero-order chi connectivity index (χ0) is 16.7. The monoisotopic (exact) mass is 314 g/mol. The van der Waals surface area contributed by atoms with Crippen molar-refractivity contribution in [1.82, 2.24) is 5.06 Å². The lowest BCUT2D eigenvalue weighted by Gasteiger charge is -2.15. The molecule has 0 saturated carbocycles. The first-order valence-electron chi connectivity index (χ1n) is 7.45. The summed E-state index contributed by atoms with van der Waals surface area (Å²) in [5.74, 6) is 0.718. The Morgan fingerprint density at radius 3 is 2.70 bits per heavy atom. The number of amides is 2. The van der Waals surface area contributed by atoms with E-state index in [1.807, 2.05) is 18.2 Å². The number of hydrogen-bond donors (Lipinski definition) is 1. The molecule has 0 aromatic heterocycles. The summed E-state index contributed by atoms with van der Waals surface area (Å²) in [6, 6.07) is 15.3. The number of hydrogen-bond acceptors (Lipinski definition) is 3. The number of urea groups is 1. The molecule has 0 aliphatic carbocycles. The number of hydroxylamine groups is 2. The zero-order valence-electron chi connectivity index (χ0n) is 13.7. The Labute approximate surface area is 136 Å². The van der Waals surface area contributed by atoms with Gasteiger partial charge in [-0.2, -0.15) is 0 Å². The van der Waals surface area contributed by atoms with Crippen LogP contribution in [0.15, 0.2) is 48.5 Å². The van der Waals surface area contributed by atoms with Crippen LogP contribution < -0.4 is 10.1 Å². The van der Waals surface area contributed by atoms with Crippen molar-refractivity contribution in [2.45, 2.75) is 13.3 Å². The maximum atomic E-state index is 11.7. The van der Waals surface area contributed by atoms with E-state index >= 15 is 0 Å². The fourth-order valence-electron chi connectivity index (χ4n) is 2.10. The molecule has 2 aromatic carbocycles. The van der Waals surface area contributed by atoms with E-state index < -0.39 is 0 Å². The van der Waals surface area contributed by atoms with Crippen molar-refractivity contribution in [2.24, 2.45) is 0 Å². The Bertz CT molecular complexity index is 658. The van der Waals surface area contributed by atoms with E-state index in [1.54, 1.807) is 12.1 Å². The molecule has 2 amide bonds. The molecule has 0 unspecified atom stereocenters. The first kappa shape index (κ1) is 16.8. The van der Waals surface area contributed by atoms with Crippen LogP contribution in [0.3, 0.4) is 0 Å². The van der Waals surface area contributed by atoms with Crippen LogP contribution in [0.1, 0.15) is 11.1 Å². The van der Waals surface area contributed by atoms with Crippen LogP contribution in [0.4, 0.5) is 10.5 Å². The maximum Gasteiger partial charge on any atom is 0.345 e. The van der Waals surface area contributed by atoms with Crippen LogP contribution in [0.2, 0.25) is 0 Å². The van der Waals surface area contributed by atoms with E-state index in [1.165, 1.54) is 25.3 Å². The van der Waals surface area contributed by atoms with Crippen molar-refractivity contribution < 1.29 is 14.4 Å². The van der Waals surface area contributed by atoms with Gasteiger partial charge in [-0.05, 0) is 24.6 Å². The van der Waals surface area contributed by atoms with Crippen molar-refractivity contribution in [3.05, 3.63) is 59.7 Å². The third-order valence-electron chi connectivity index (χ3n) is 3.39. The highest BCUT2D eigenvalue weighted by Gasteiger charge is 2.08. The van der Waals surface area contributed by atoms with Gasteiger partial charge in [0.15, 0.2) is 0 Å². The minimum Gasteiger partial charge on any atom is -0.493 e. The molecule has 5 heteroatoms. The lowest BCUT2D eigenvalue weighted by Crippen LogP contribution is -2.30. The van der Waals surface area contributed by atoms with Gasteiger partial charge in [0.2, 0.25) is 0 Å². The Morgan fingerprint density at radius 1 is 1.17 bits per heavy atom. The summed E-state index contributed by atoms with van der Waals surface area (Å²) in [6.07, 6.45) is 0.838. The number of carbonyl (C=O) groups excluding carboxylic acids is 1. The fourth-order valence-corrected chi connectivity index (χ4v) is 2.10. The van der Waals surface area contributed by atoms with Gasteiger partial charge in [0.1, 0.15) is 5.75 Å².